The molecule has 2 unspecified atom stereocenters. The Morgan fingerprint density at radius 1 is 1.23 bits per heavy atom. The highest BCUT2D eigenvalue weighted by Crippen LogP contribution is 2.09. The summed E-state index contributed by atoms with van der Waals surface area (Å²) in [5, 5.41) is 8.96. The van der Waals surface area contributed by atoms with E-state index in [4.69, 9.17) is 0 Å². The predicted octanol–water partition coefficient (Wildman–Crippen LogP) is 0.881. The van der Waals surface area contributed by atoms with Gasteiger partial charge in [0.2, 0.25) is 11.8 Å². The second-order valence-corrected chi connectivity index (χ2v) is 5.58. The average Bonchev–Trinajstić information content (AvgIpc) is 2.49. The first-order chi connectivity index (χ1) is 10.1. The molecule has 3 N–H and O–H groups in total. The van der Waals surface area contributed by atoms with Crippen LogP contribution < -0.4 is 16.0 Å². The Morgan fingerprint density at radius 3 is 2.64 bits per heavy atom. The lowest BCUT2D eigenvalue weighted by Gasteiger charge is -2.30. The van der Waals surface area contributed by atoms with Crippen LogP contribution in [0.2, 0.25) is 0 Å². The maximum Gasteiger partial charge on any atom is 0.239 e. The standard InChI is InChI=1S/C16H23N3O2.ClH/c1-12-10-17-8-7-14(12)19-16(21)11-18-15(20)9-13-5-3-2-4-6-13;/h2-6,12,14,17H,7-11H2,1H3,(H,18,20)(H,19,21);1H. The molecule has 1 fully saturated rings. The van der Waals surface area contributed by atoms with Crippen molar-refractivity contribution in [2.75, 3.05) is 19.6 Å². The molecule has 1 aromatic carbocycles. The molecule has 6 heteroatoms. The number of hydrogen-bond acceptors (Lipinski definition) is 3. The van der Waals surface area contributed by atoms with Gasteiger partial charge in [0, 0.05) is 6.04 Å². The molecule has 5 nitrogen and oxygen atoms in total. The highest BCUT2D eigenvalue weighted by Gasteiger charge is 2.22. The Bertz CT molecular complexity index is 482. The molecule has 1 saturated heterocycles. The third kappa shape index (κ3) is 6.03. The second-order valence-electron chi connectivity index (χ2n) is 5.58. The number of amides is 2. The van der Waals surface area contributed by atoms with Gasteiger partial charge in [-0.15, -0.1) is 12.4 Å². The first kappa shape index (κ1) is 18.5. The van der Waals surface area contributed by atoms with Crippen molar-refractivity contribution in [3.05, 3.63) is 35.9 Å². The summed E-state index contributed by atoms with van der Waals surface area (Å²) in [6, 6.07) is 9.70. The summed E-state index contributed by atoms with van der Waals surface area (Å²) in [7, 11) is 0. The first-order valence-corrected chi connectivity index (χ1v) is 7.46. The van der Waals surface area contributed by atoms with E-state index in [2.05, 4.69) is 22.9 Å². The summed E-state index contributed by atoms with van der Waals surface area (Å²) in [4.78, 5) is 23.6. The number of hydrogen-bond donors (Lipinski definition) is 3. The van der Waals surface area contributed by atoms with Crippen molar-refractivity contribution in [2.24, 2.45) is 5.92 Å². The summed E-state index contributed by atoms with van der Waals surface area (Å²) in [6.07, 6.45) is 1.24. The van der Waals surface area contributed by atoms with E-state index in [-0.39, 0.29) is 36.8 Å². The van der Waals surface area contributed by atoms with Gasteiger partial charge in [-0.25, -0.2) is 0 Å². The molecule has 2 atom stereocenters. The van der Waals surface area contributed by atoms with Gasteiger partial charge in [0.05, 0.1) is 13.0 Å². The number of carbonyl (C=O) groups is 2. The third-order valence-electron chi connectivity index (χ3n) is 3.79. The molecule has 0 spiro atoms. The van der Waals surface area contributed by atoms with Gasteiger partial charge in [-0.3, -0.25) is 9.59 Å². The maximum absolute atomic E-state index is 11.9. The van der Waals surface area contributed by atoms with E-state index in [0.717, 1.165) is 25.1 Å². The van der Waals surface area contributed by atoms with Crippen LogP contribution in [0.4, 0.5) is 0 Å². The van der Waals surface area contributed by atoms with Gasteiger partial charge in [-0.05, 0) is 31.0 Å². The van der Waals surface area contributed by atoms with Crippen LogP contribution in [0.1, 0.15) is 18.9 Å². The lowest BCUT2D eigenvalue weighted by molar-refractivity contribution is -0.126. The van der Waals surface area contributed by atoms with Crippen LogP contribution in [0, 0.1) is 5.92 Å². The van der Waals surface area contributed by atoms with Crippen molar-refractivity contribution in [3.63, 3.8) is 0 Å². The molecule has 1 aliphatic heterocycles. The number of piperidine rings is 1. The lowest BCUT2D eigenvalue weighted by Crippen LogP contribution is -2.50. The van der Waals surface area contributed by atoms with Crippen LogP contribution in [0.25, 0.3) is 0 Å². The zero-order valence-electron chi connectivity index (χ0n) is 12.8. The van der Waals surface area contributed by atoms with E-state index in [1.165, 1.54) is 0 Å². The molecule has 0 aliphatic carbocycles. The summed E-state index contributed by atoms with van der Waals surface area (Å²) in [6.45, 7) is 4.01. The van der Waals surface area contributed by atoms with Crippen molar-refractivity contribution in [1.29, 1.82) is 0 Å². The van der Waals surface area contributed by atoms with Crippen LogP contribution in [-0.4, -0.2) is 37.5 Å². The van der Waals surface area contributed by atoms with E-state index in [9.17, 15) is 9.59 Å². The normalized spacial score (nSPS) is 20.6. The predicted molar refractivity (Wildman–Crippen MR) is 89.0 cm³/mol. The zero-order chi connectivity index (χ0) is 15.1. The number of nitrogens with one attached hydrogen (secondary N) is 3. The minimum atomic E-state index is -0.130. The molecular formula is C16H24ClN3O2. The quantitative estimate of drug-likeness (QED) is 0.752. The fourth-order valence-electron chi connectivity index (χ4n) is 2.51. The first-order valence-electron chi connectivity index (χ1n) is 7.46. The van der Waals surface area contributed by atoms with Gasteiger partial charge in [-0.2, -0.15) is 0 Å². The smallest absolute Gasteiger partial charge is 0.239 e. The van der Waals surface area contributed by atoms with Gasteiger partial charge < -0.3 is 16.0 Å². The SMILES string of the molecule is CC1CNCCC1NC(=O)CNC(=O)Cc1ccccc1.Cl. The lowest BCUT2D eigenvalue weighted by atomic mass is 9.95. The topological polar surface area (TPSA) is 70.2 Å². The van der Waals surface area contributed by atoms with Crippen LogP contribution in [-0.2, 0) is 16.0 Å². The number of rotatable bonds is 5. The Hall–Kier alpha value is -1.59. The van der Waals surface area contributed by atoms with Crippen molar-refractivity contribution >= 4 is 24.2 Å². The largest absolute Gasteiger partial charge is 0.351 e. The van der Waals surface area contributed by atoms with Gasteiger partial charge in [0.1, 0.15) is 0 Å². The zero-order valence-corrected chi connectivity index (χ0v) is 13.6. The van der Waals surface area contributed by atoms with Crippen molar-refractivity contribution < 1.29 is 9.59 Å². The maximum atomic E-state index is 11.9. The minimum absolute atomic E-state index is 0. The van der Waals surface area contributed by atoms with Crippen molar-refractivity contribution in [2.45, 2.75) is 25.8 Å². The number of halogens is 1. The molecule has 0 bridgehead atoms. The molecular weight excluding hydrogens is 302 g/mol. The van der Waals surface area contributed by atoms with Crippen LogP contribution in [0.15, 0.2) is 30.3 Å². The van der Waals surface area contributed by atoms with Crippen LogP contribution >= 0.6 is 12.4 Å². The highest BCUT2D eigenvalue weighted by molar-refractivity contribution is 5.86. The molecule has 0 aromatic heterocycles. The fourth-order valence-corrected chi connectivity index (χ4v) is 2.51. The number of benzene rings is 1. The number of carbonyl (C=O) groups excluding carboxylic acids is 2. The van der Waals surface area contributed by atoms with Crippen molar-refractivity contribution in [3.8, 4) is 0 Å². The monoisotopic (exact) mass is 325 g/mol. The van der Waals surface area contributed by atoms with Gasteiger partial charge in [0.25, 0.3) is 0 Å². The second kappa shape index (κ2) is 9.43. The van der Waals surface area contributed by atoms with E-state index < -0.39 is 0 Å². The third-order valence-corrected chi connectivity index (χ3v) is 3.79. The summed E-state index contributed by atoms with van der Waals surface area (Å²) in [5.74, 6) is 0.174. The molecule has 1 aliphatic rings. The summed E-state index contributed by atoms with van der Waals surface area (Å²) >= 11 is 0. The minimum Gasteiger partial charge on any atom is -0.351 e. The molecule has 0 saturated carbocycles. The summed E-state index contributed by atoms with van der Waals surface area (Å²) < 4.78 is 0. The average molecular weight is 326 g/mol. The van der Waals surface area contributed by atoms with Crippen LogP contribution in [0.5, 0.6) is 0 Å². The highest BCUT2D eigenvalue weighted by atomic mass is 35.5. The van der Waals surface area contributed by atoms with Gasteiger partial charge >= 0.3 is 0 Å². The fraction of sp³-hybridized carbons (Fsp3) is 0.500. The molecule has 2 amide bonds. The molecule has 1 aromatic rings. The van der Waals surface area contributed by atoms with E-state index in [1.54, 1.807) is 0 Å². The van der Waals surface area contributed by atoms with Crippen molar-refractivity contribution in [1.82, 2.24) is 16.0 Å². The van der Waals surface area contributed by atoms with E-state index in [1.807, 2.05) is 30.3 Å². The Kier molecular flexibility index (Phi) is 7.91. The molecule has 2 rings (SSSR count). The Balaban J connectivity index is 0.00000242. The van der Waals surface area contributed by atoms with E-state index >= 15 is 0 Å². The van der Waals surface area contributed by atoms with Crippen LogP contribution in [0.3, 0.4) is 0 Å². The Morgan fingerprint density at radius 2 is 1.95 bits per heavy atom. The molecule has 122 valence electrons. The van der Waals surface area contributed by atoms with E-state index in [0.29, 0.717) is 12.3 Å². The Labute approximate surface area is 137 Å². The van der Waals surface area contributed by atoms with Gasteiger partial charge in [0.15, 0.2) is 0 Å². The molecule has 1 heterocycles. The molecule has 0 radical (unpaired) electrons. The van der Waals surface area contributed by atoms with Gasteiger partial charge in [-0.1, -0.05) is 37.3 Å². The molecule has 22 heavy (non-hydrogen) atoms. The summed E-state index contributed by atoms with van der Waals surface area (Å²) in [5.41, 5.74) is 0.947.